The Morgan fingerprint density at radius 1 is 0.840 bits per heavy atom. The molecular formula is C20H27NO3S. The third-order valence-electron chi connectivity index (χ3n) is 4.07. The van der Waals surface area contributed by atoms with Crippen LogP contribution in [0.2, 0.25) is 0 Å². The van der Waals surface area contributed by atoms with Crippen LogP contribution in [-0.2, 0) is 10.0 Å². The van der Waals surface area contributed by atoms with Crippen LogP contribution in [-0.4, -0.2) is 21.6 Å². The minimum absolute atomic E-state index is 0.222. The van der Waals surface area contributed by atoms with E-state index in [0.717, 1.165) is 11.3 Å². The zero-order chi connectivity index (χ0) is 18.4. The van der Waals surface area contributed by atoms with E-state index < -0.39 is 10.0 Å². The van der Waals surface area contributed by atoms with Crippen LogP contribution in [0.1, 0.15) is 50.7 Å². The molecule has 1 N–H and O–H groups in total. The second-order valence-electron chi connectivity index (χ2n) is 6.69. The van der Waals surface area contributed by atoms with Crippen LogP contribution in [0.4, 0.5) is 0 Å². The molecule has 2 rings (SSSR count). The van der Waals surface area contributed by atoms with Crippen LogP contribution in [0.25, 0.3) is 0 Å². The summed E-state index contributed by atoms with van der Waals surface area (Å²) in [5.41, 5.74) is 2.37. The van der Waals surface area contributed by atoms with Gasteiger partial charge >= 0.3 is 0 Å². The van der Waals surface area contributed by atoms with E-state index in [1.807, 2.05) is 36.4 Å². The summed E-state index contributed by atoms with van der Waals surface area (Å²) in [4.78, 5) is 0.276. The topological polar surface area (TPSA) is 55.4 Å². The molecule has 0 aliphatic heterocycles. The Balaban J connectivity index is 1.85. The molecule has 0 atom stereocenters. The van der Waals surface area contributed by atoms with E-state index in [4.69, 9.17) is 4.74 Å². The van der Waals surface area contributed by atoms with Gasteiger partial charge in [-0.1, -0.05) is 52.0 Å². The van der Waals surface area contributed by atoms with E-state index in [0.29, 0.717) is 11.8 Å². The standard InChI is InChI=1S/C20H27NO3S/c1-15(2)17-5-9-19(10-6-17)24-14-13-21-25(22,23)20-11-7-18(8-12-20)16(3)4/h5-12,15-16,21H,13-14H2,1-4H3. The average molecular weight is 362 g/mol. The molecular weight excluding hydrogens is 334 g/mol. The second-order valence-corrected chi connectivity index (χ2v) is 8.46. The maximum atomic E-state index is 12.3. The lowest BCUT2D eigenvalue weighted by atomic mass is 10.0. The quantitative estimate of drug-likeness (QED) is 0.714. The largest absolute Gasteiger partial charge is 0.492 e. The zero-order valence-corrected chi connectivity index (χ0v) is 16.1. The van der Waals surface area contributed by atoms with Gasteiger partial charge in [-0.2, -0.15) is 0 Å². The van der Waals surface area contributed by atoms with Crippen molar-refractivity contribution in [3.05, 3.63) is 59.7 Å². The minimum atomic E-state index is -3.51. The number of nitrogens with one attached hydrogen (secondary N) is 1. The number of hydrogen-bond donors (Lipinski definition) is 1. The van der Waals surface area contributed by atoms with E-state index >= 15 is 0 Å². The molecule has 25 heavy (non-hydrogen) atoms. The first kappa shape index (κ1) is 19.5. The van der Waals surface area contributed by atoms with Crippen LogP contribution < -0.4 is 9.46 Å². The summed E-state index contributed by atoms with van der Waals surface area (Å²) in [6, 6.07) is 14.9. The summed E-state index contributed by atoms with van der Waals surface area (Å²) in [7, 11) is -3.51. The van der Waals surface area contributed by atoms with Crippen molar-refractivity contribution in [3.63, 3.8) is 0 Å². The molecule has 0 unspecified atom stereocenters. The summed E-state index contributed by atoms with van der Waals surface area (Å²) in [6.07, 6.45) is 0. The van der Waals surface area contributed by atoms with Crippen LogP contribution in [0.5, 0.6) is 5.75 Å². The van der Waals surface area contributed by atoms with Gasteiger partial charge in [0.1, 0.15) is 12.4 Å². The first-order valence-corrected chi connectivity index (χ1v) is 10.1. The van der Waals surface area contributed by atoms with Gasteiger partial charge in [0.2, 0.25) is 10.0 Å². The number of ether oxygens (including phenoxy) is 1. The fourth-order valence-electron chi connectivity index (χ4n) is 2.41. The molecule has 0 aliphatic carbocycles. The highest BCUT2D eigenvalue weighted by Crippen LogP contribution is 2.19. The number of hydrogen-bond acceptors (Lipinski definition) is 3. The van der Waals surface area contributed by atoms with Crippen molar-refractivity contribution >= 4 is 10.0 Å². The Hall–Kier alpha value is -1.85. The molecule has 0 radical (unpaired) electrons. The molecule has 0 saturated heterocycles. The summed E-state index contributed by atoms with van der Waals surface area (Å²) < 4.78 is 32.7. The first-order chi connectivity index (χ1) is 11.8. The first-order valence-electron chi connectivity index (χ1n) is 8.62. The van der Waals surface area contributed by atoms with Gasteiger partial charge in [0.05, 0.1) is 4.90 Å². The molecule has 2 aromatic carbocycles. The van der Waals surface area contributed by atoms with Crippen LogP contribution >= 0.6 is 0 Å². The van der Waals surface area contributed by atoms with E-state index in [-0.39, 0.29) is 18.0 Å². The highest BCUT2D eigenvalue weighted by Gasteiger charge is 2.13. The molecule has 136 valence electrons. The monoisotopic (exact) mass is 361 g/mol. The molecule has 0 amide bonds. The van der Waals surface area contributed by atoms with Crippen LogP contribution in [0.15, 0.2) is 53.4 Å². The Morgan fingerprint density at radius 3 is 1.80 bits per heavy atom. The molecule has 4 nitrogen and oxygen atoms in total. The van der Waals surface area contributed by atoms with Gasteiger partial charge in [0.15, 0.2) is 0 Å². The zero-order valence-electron chi connectivity index (χ0n) is 15.3. The van der Waals surface area contributed by atoms with Gasteiger partial charge in [0, 0.05) is 6.54 Å². The number of rotatable bonds is 8. The SMILES string of the molecule is CC(C)c1ccc(OCCNS(=O)(=O)c2ccc(C(C)C)cc2)cc1. The minimum Gasteiger partial charge on any atom is -0.492 e. The highest BCUT2D eigenvalue weighted by atomic mass is 32.2. The van der Waals surface area contributed by atoms with Crippen molar-refractivity contribution in [2.75, 3.05) is 13.2 Å². The van der Waals surface area contributed by atoms with Crippen molar-refractivity contribution in [2.45, 2.75) is 44.4 Å². The normalized spacial score (nSPS) is 11.9. The smallest absolute Gasteiger partial charge is 0.240 e. The lowest BCUT2D eigenvalue weighted by Crippen LogP contribution is -2.28. The average Bonchev–Trinajstić information content (AvgIpc) is 2.59. The third kappa shape index (κ3) is 5.58. The predicted octanol–water partition coefficient (Wildman–Crippen LogP) is 4.29. The molecule has 0 aromatic heterocycles. The third-order valence-corrected chi connectivity index (χ3v) is 5.54. The van der Waals surface area contributed by atoms with Gasteiger partial charge in [-0.05, 0) is 47.2 Å². The van der Waals surface area contributed by atoms with Crippen LogP contribution in [0, 0.1) is 0 Å². The lowest BCUT2D eigenvalue weighted by Gasteiger charge is -2.11. The summed E-state index contributed by atoms with van der Waals surface area (Å²) in [5.74, 6) is 1.59. The van der Waals surface area contributed by atoms with Crippen molar-refractivity contribution in [3.8, 4) is 5.75 Å². The Labute approximate surface area is 151 Å². The van der Waals surface area contributed by atoms with Crippen molar-refractivity contribution in [1.29, 1.82) is 0 Å². The van der Waals surface area contributed by atoms with E-state index in [2.05, 4.69) is 32.4 Å². The molecule has 0 saturated carbocycles. The van der Waals surface area contributed by atoms with Gasteiger partial charge in [-0.15, -0.1) is 0 Å². The molecule has 0 spiro atoms. The fraction of sp³-hybridized carbons (Fsp3) is 0.400. The van der Waals surface area contributed by atoms with Gasteiger partial charge in [-0.25, -0.2) is 13.1 Å². The van der Waals surface area contributed by atoms with Crippen LogP contribution in [0.3, 0.4) is 0 Å². The summed E-state index contributed by atoms with van der Waals surface area (Å²) >= 11 is 0. The molecule has 0 heterocycles. The van der Waals surface area contributed by atoms with Gasteiger partial charge < -0.3 is 4.74 Å². The molecule has 0 bridgehead atoms. The van der Waals surface area contributed by atoms with Crippen molar-refractivity contribution < 1.29 is 13.2 Å². The number of sulfonamides is 1. The maximum absolute atomic E-state index is 12.3. The highest BCUT2D eigenvalue weighted by molar-refractivity contribution is 7.89. The predicted molar refractivity (Wildman–Crippen MR) is 102 cm³/mol. The molecule has 0 aliphatic rings. The van der Waals surface area contributed by atoms with Crippen molar-refractivity contribution in [2.24, 2.45) is 0 Å². The van der Waals surface area contributed by atoms with E-state index in [1.165, 1.54) is 5.56 Å². The Kier molecular flexibility index (Phi) is 6.62. The lowest BCUT2D eigenvalue weighted by molar-refractivity contribution is 0.322. The van der Waals surface area contributed by atoms with E-state index in [9.17, 15) is 8.42 Å². The molecule has 2 aromatic rings. The molecule has 5 heteroatoms. The van der Waals surface area contributed by atoms with Gasteiger partial charge in [0.25, 0.3) is 0 Å². The summed E-state index contributed by atoms with van der Waals surface area (Å²) in [5, 5.41) is 0. The van der Waals surface area contributed by atoms with Gasteiger partial charge in [-0.3, -0.25) is 0 Å². The molecule has 0 fully saturated rings. The maximum Gasteiger partial charge on any atom is 0.240 e. The Bertz CT molecular complexity index is 764. The van der Waals surface area contributed by atoms with Crippen molar-refractivity contribution in [1.82, 2.24) is 4.72 Å². The summed E-state index contributed by atoms with van der Waals surface area (Å²) in [6.45, 7) is 8.93. The number of benzene rings is 2. The van der Waals surface area contributed by atoms with E-state index in [1.54, 1.807) is 12.1 Å². The fourth-order valence-corrected chi connectivity index (χ4v) is 3.42. The Morgan fingerprint density at radius 2 is 1.32 bits per heavy atom. The second kappa shape index (κ2) is 8.50.